The topological polar surface area (TPSA) is 58.5 Å². The minimum absolute atomic E-state index is 0. The molecule has 154 valence electrons. The number of nitrogens with one attached hydrogen (secondary N) is 2. The molecule has 5 nitrogen and oxygen atoms in total. The van der Waals surface area contributed by atoms with Crippen molar-refractivity contribution in [3.63, 3.8) is 0 Å². The molecule has 10 heteroatoms. The van der Waals surface area contributed by atoms with E-state index in [-0.39, 0.29) is 42.2 Å². The molecule has 0 spiro atoms. The average molecular weight is 512 g/mol. The zero-order valence-corrected chi connectivity index (χ0v) is 17.4. The molecule has 0 saturated heterocycles. The van der Waals surface area contributed by atoms with Crippen LogP contribution in [0.1, 0.15) is 18.1 Å². The molecule has 1 heterocycles. The highest BCUT2D eigenvalue weighted by atomic mass is 127. The Morgan fingerprint density at radius 2 is 1.86 bits per heavy atom. The molecule has 1 aromatic carbocycles. The van der Waals surface area contributed by atoms with Crippen molar-refractivity contribution < 1.29 is 22.3 Å². The number of rotatable bonds is 7. The van der Waals surface area contributed by atoms with Crippen LogP contribution in [-0.4, -0.2) is 30.3 Å². The van der Waals surface area contributed by atoms with Crippen LogP contribution in [0.2, 0.25) is 0 Å². The Hall–Kier alpha value is -2.11. The van der Waals surface area contributed by atoms with Crippen molar-refractivity contribution in [3.8, 4) is 5.88 Å². The first kappa shape index (κ1) is 23.9. The number of alkyl halides is 3. The Morgan fingerprint density at radius 3 is 2.50 bits per heavy atom. The normalized spacial score (nSPS) is 11.5. The summed E-state index contributed by atoms with van der Waals surface area (Å²) in [6.07, 6.45) is -3.07. The zero-order chi connectivity index (χ0) is 19.7. The largest absolute Gasteiger partial charge is 0.468 e. The van der Waals surface area contributed by atoms with Gasteiger partial charge in [-0.25, -0.2) is 14.4 Å². The SMILES string of the molecule is CCNC(=NCc1ccc(F)cc1)NCc1cccnc1OCC(F)(F)F.I. The first-order valence-corrected chi connectivity index (χ1v) is 8.27. The van der Waals surface area contributed by atoms with Gasteiger partial charge in [0.05, 0.1) is 6.54 Å². The second kappa shape index (κ2) is 11.7. The molecule has 1 aromatic heterocycles. The first-order valence-electron chi connectivity index (χ1n) is 8.27. The fourth-order valence-corrected chi connectivity index (χ4v) is 2.12. The molecule has 0 saturated carbocycles. The number of benzene rings is 1. The van der Waals surface area contributed by atoms with E-state index in [9.17, 15) is 17.6 Å². The summed E-state index contributed by atoms with van der Waals surface area (Å²) >= 11 is 0. The van der Waals surface area contributed by atoms with Crippen molar-refractivity contribution in [1.29, 1.82) is 0 Å². The van der Waals surface area contributed by atoms with Gasteiger partial charge in [0.1, 0.15) is 5.82 Å². The monoisotopic (exact) mass is 512 g/mol. The summed E-state index contributed by atoms with van der Waals surface area (Å²) in [6, 6.07) is 9.20. The molecule has 0 unspecified atom stereocenters. The molecule has 28 heavy (non-hydrogen) atoms. The standard InChI is InChI=1S/C18H20F4N4O.HI/c1-2-23-17(25-10-13-5-7-15(19)8-6-13)26-11-14-4-3-9-24-16(14)27-12-18(20,21)22;/h3-9H,2,10-12H2,1H3,(H2,23,25,26);1H. The highest BCUT2D eigenvalue weighted by Gasteiger charge is 2.29. The van der Waals surface area contributed by atoms with Crippen LogP contribution in [0.3, 0.4) is 0 Å². The van der Waals surface area contributed by atoms with Gasteiger partial charge in [0.25, 0.3) is 0 Å². The maximum Gasteiger partial charge on any atom is 0.422 e. The van der Waals surface area contributed by atoms with Crippen molar-refractivity contribution in [1.82, 2.24) is 15.6 Å². The molecule has 2 rings (SSSR count). The quantitative estimate of drug-likeness (QED) is 0.255. The summed E-state index contributed by atoms with van der Waals surface area (Å²) in [4.78, 5) is 8.22. The molecule has 0 amide bonds. The summed E-state index contributed by atoms with van der Waals surface area (Å²) in [7, 11) is 0. The zero-order valence-electron chi connectivity index (χ0n) is 15.1. The van der Waals surface area contributed by atoms with Crippen LogP contribution in [0.4, 0.5) is 17.6 Å². The van der Waals surface area contributed by atoms with Gasteiger partial charge in [-0.15, -0.1) is 24.0 Å². The number of hydrogen-bond donors (Lipinski definition) is 2. The predicted molar refractivity (Wildman–Crippen MR) is 109 cm³/mol. The Balaban J connectivity index is 0.00000392. The Kier molecular flexibility index (Phi) is 9.97. The van der Waals surface area contributed by atoms with E-state index < -0.39 is 12.8 Å². The molecule has 2 aromatic rings. The molecular weight excluding hydrogens is 491 g/mol. The Labute approximate surface area is 177 Å². The number of aromatic nitrogens is 1. The van der Waals surface area contributed by atoms with E-state index in [4.69, 9.17) is 4.74 Å². The number of guanidine groups is 1. The van der Waals surface area contributed by atoms with Gasteiger partial charge in [-0.05, 0) is 30.7 Å². The lowest BCUT2D eigenvalue weighted by Crippen LogP contribution is -2.37. The number of ether oxygens (including phenoxy) is 1. The molecule has 0 aliphatic heterocycles. The highest BCUT2D eigenvalue weighted by Crippen LogP contribution is 2.19. The van der Waals surface area contributed by atoms with E-state index in [0.717, 1.165) is 5.56 Å². The van der Waals surface area contributed by atoms with E-state index in [1.807, 2.05) is 6.92 Å². The van der Waals surface area contributed by atoms with Gasteiger partial charge in [0, 0.05) is 24.8 Å². The molecule has 0 aliphatic rings. The van der Waals surface area contributed by atoms with Crippen LogP contribution in [0.5, 0.6) is 5.88 Å². The van der Waals surface area contributed by atoms with Crippen LogP contribution in [0.15, 0.2) is 47.6 Å². The molecule has 0 radical (unpaired) electrons. The molecular formula is C18H21F4IN4O. The molecule has 0 aliphatic carbocycles. The van der Waals surface area contributed by atoms with E-state index in [0.29, 0.717) is 24.6 Å². The van der Waals surface area contributed by atoms with Crippen LogP contribution in [0, 0.1) is 5.82 Å². The van der Waals surface area contributed by atoms with Gasteiger partial charge in [-0.1, -0.05) is 18.2 Å². The Bertz CT molecular complexity index is 754. The minimum atomic E-state index is -4.44. The summed E-state index contributed by atoms with van der Waals surface area (Å²) < 4.78 is 54.8. The van der Waals surface area contributed by atoms with Crippen molar-refractivity contribution in [2.24, 2.45) is 4.99 Å². The molecule has 2 N–H and O–H groups in total. The third kappa shape index (κ3) is 8.72. The molecule has 0 fully saturated rings. The van der Waals surface area contributed by atoms with Gasteiger partial charge in [-0.3, -0.25) is 0 Å². The number of pyridine rings is 1. The number of aliphatic imine (C=N–C) groups is 1. The van der Waals surface area contributed by atoms with Crippen molar-refractivity contribution in [2.45, 2.75) is 26.2 Å². The lowest BCUT2D eigenvalue weighted by molar-refractivity contribution is -0.154. The van der Waals surface area contributed by atoms with E-state index >= 15 is 0 Å². The fraction of sp³-hybridized carbons (Fsp3) is 0.333. The number of hydrogen-bond acceptors (Lipinski definition) is 3. The summed E-state index contributed by atoms with van der Waals surface area (Å²) in [6.45, 7) is 1.57. The number of nitrogens with zero attached hydrogens (tertiary/aromatic N) is 2. The maximum atomic E-state index is 12.9. The van der Waals surface area contributed by atoms with Gasteiger partial charge in [0.15, 0.2) is 12.6 Å². The first-order chi connectivity index (χ1) is 12.9. The van der Waals surface area contributed by atoms with E-state index in [2.05, 4.69) is 20.6 Å². The van der Waals surface area contributed by atoms with Crippen LogP contribution < -0.4 is 15.4 Å². The Morgan fingerprint density at radius 1 is 1.14 bits per heavy atom. The third-order valence-corrected chi connectivity index (χ3v) is 3.35. The maximum absolute atomic E-state index is 12.9. The second-order valence-corrected chi connectivity index (χ2v) is 5.55. The lowest BCUT2D eigenvalue weighted by Gasteiger charge is -2.14. The second-order valence-electron chi connectivity index (χ2n) is 5.55. The minimum Gasteiger partial charge on any atom is -0.468 e. The molecule has 0 bridgehead atoms. The smallest absolute Gasteiger partial charge is 0.422 e. The van der Waals surface area contributed by atoms with Gasteiger partial charge >= 0.3 is 6.18 Å². The van der Waals surface area contributed by atoms with E-state index in [1.54, 1.807) is 24.3 Å². The van der Waals surface area contributed by atoms with Crippen LogP contribution in [0.25, 0.3) is 0 Å². The van der Waals surface area contributed by atoms with E-state index in [1.165, 1.54) is 18.3 Å². The average Bonchev–Trinajstić information content (AvgIpc) is 2.63. The van der Waals surface area contributed by atoms with Gasteiger partial charge < -0.3 is 15.4 Å². The summed E-state index contributed by atoms with van der Waals surface area (Å²) in [5.74, 6) is 0.0554. The summed E-state index contributed by atoms with van der Waals surface area (Å²) in [5.41, 5.74) is 1.29. The summed E-state index contributed by atoms with van der Waals surface area (Å²) in [5, 5.41) is 6.05. The lowest BCUT2D eigenvalue weighted by atomic mass is 10.2. The molecule has 0 atom stereocenters. The van der Waals surface area contributed by atoms with Crippen molar-refractivity contribution >= 4 is 29.9 Å². The van der Waals surface area contributed by atoms with Crippen LogP contribution >= 0.6 is 24.0 Å². The fourth-order valence-electron chi connectivity index (χ4n) is 2.12. The highest BCUT2D eigenvalue weighted by molar-refractivity contribution is 14.0. The number of halogens is 5. The van der Waals surface area contributed by atoms with Gasteiger partial charge in [-0.2, -0.15) is 13.2 Å². The van der Waals surface area contributed by atoms with Crippen molar-refractivity contribution in [2.75, 3.05) is 13.2 Å². The predicted octanol–water partition coefficient (Wildman–Crippen LogP) is 4.04. The van der Waals surface area contributed by atoms with Crippen molar-refractivity contribution in [3.05, 3.63) is 59.5 Å². The van der Waals surface area contributed by atoms with Gasteiger partial charge in [0.2, 0.25) is 5.88 Å². The third-order valence-electron chi connectivity index (χ3n) is 3.35. The van der Waals surface area contributed by atoms with Crippen LogP contribution in [-0.2, 0) is 13.1 Å².